The molecule has 2 aromatic carbocycles. The number of nitrogens with one attached hydrogen (secondary N) is 1. The number of amides is 1. The van der Waals surface area contributed by atoms with Crippen LogP contribution in [0.3, 0.4) is 0 Å². The Kier molecular flexibility index (Phi) is 4.79. The Hall–Kier alpha value is -2.53. The second kappa shape index (κ2) is 6.76. The number of nitrogen functional groups attached to an aromatic ring is 1. The highest BCUT2D eigenvalue weighted by atomic mass is 35.5. The highest BCUT2D eigenvalue weighted by Crippen LogP contribution is 2.13. The summed E-state index contributed by atoms with van der Waals surface area (Å²) in [5.74, 6) is -1.01. The number of hydrogen-bond acceptors (Lipinski definition) is 4. The molecule has 1 amide bonds. The van der Waals surface area contributed by atoms with Crippen LogP contribution in [-0.2, 0) is 9.53 Å². The van der Waals surface area contributed by atoms with E-state index in [0.717, 1.165) is 0 Å². The Morgan fingerprint density at radius 1 is 1.05 bits per heavy atom. The van der Waals surface area contributed by atoms with Gasteiger partial charge in [-0.05, 0) is 48.5 Å². The van der Waals surface area contributed by atoms with Gasteiger partial charge < -0.3 is 15.8 Å². The third kappa shape index (κ3) is 4.50. The number of ether oxygens (including phenoxy) is 1. The number of hydrogen-bond donors (Lipinski definition) is 2. The van der Waals surface area contributed by atoms with Gasteiger partial charge in [0.15, 0.2) is 6.61 Å². The first-order valence-electron chi connectivity index (χ1n) is 6.12. The number of anilines is 2. The van der Waals surface area contributed by atoms with Gasteiger partial charge in [-0.1, -0.05) is 11.6 Å². The van der Waals surface area contributed by atoms with Gasteiger partial charge in [0.05, 0.1) is 5.56 Å². The number of benzene rings is 2. The molecular formula is C15H13ClN2O3. The molecule has 0 bridgehead atoms. The molecule has 0 aliphatic carbocycles. The topological polar surface area (TPSA) is 81.4 Å². The van der Waals surface area contributed by atoms with Crippen molar-refractivity contribution in [1.29, 1.82) is 0 Å². The van der Waals surface area contributed by atoms with Crippen LogP contribution in [0.1, 0.15) is 10.4 Å². The molecule has 0 radical (unpaired) electrons. The highest BCUT2D eigenvalue weighted by molar-refractivity contribution is 6.30. The Morgan fingerprint density at radius 3 is 2.29 bits per heavy atom. The Morgan fingerprint density at radius 2 is 1.67 bits per heavy atom. The van der Waals surface area contributed by atoms with Crippen LogP contribution in [-0.4, -0.2) is 18.5 Å². The molecule has 0 spiro atoms. The highest BCUT2D eigenvalue weighted by Gasteiger charge is 2.10. The second-order valence-corrected chi connectivity index (χ2v) is 4.69. The number of rotatable bonds is 4. The van der Waals surface area contributed by atoms with Gasteiger partial charge in [-0.3, -0.25) is 4.79 Å². The lowest BCUT2D eigenvalue weighted by Gasteiger charge is -2.07. The molecule has 108 valence electrons. The van der Waals surface area contributed by atoms with Crippen LogP contribution in [0.2, 0.25) is 5.02 Å². The average molecular weight is 305 g/mol. The van der Waals surface area contributed by atoms with Crippen molar-refractivity contribution in [2.75, 3.05) is 17.7 Å². The first-order valence-corrected chi connectivity index (χ1v) is 6.50. The third-order valence-corrected chi connectivity index (χ3v) is 2.86. The summed E-state index contributed by atoms with van der Waals surface area (Å²) in [5, 5.41) is 3.16. The van der Waals surface area contributed by atoms with E-state index in [1.165, 1.54) is 12.1 Å². The van der Waals surface area contributed by atoms with Gasteiger partial charge in [0.25, 0.3) is 5.91 Å². The lowest BCUT2D eigenvalue weighted by molar-refractivity contribution is -0.119. The molecule has 6 heteroatoms. The van der Waals surface area contributed by atoms with Crippen LogP contribution >= 0.6 is 11.6 Å². The first-order chi connectivity index (χ1) is 10.0. The third-order valence-electron chi connectivity index (χ3n) is 2.61. The molecule has 21 heavy (non-hydrogen) atoms. The van der Waals surface area contributed by atoms with Gasteiger partial charge in [0.1, 0.15) is 0 Å². The predicted octanol–water partition coefficient (Wildman–Crippen LogP) is 2.72. The van der Waals surface area contributed by atoms with Crippen LogP contribution in [0.25, 0.3) is 0 Å². The molecule has 5 nitrogen and oxygen atoms in total. The van der Waals surface area contributed by atoms with Gasteiger partial charge in [0, 0.05) is 16.4 Å². The van der Waals surface area contributed by atoms with Gasteiger partial charge in [-0.15, -0.1) is 0 Å². The molecule has 0 aliphatic heterocycles. The molecule has 0 heterocycles. The summed E-state index contributed by atoms with van der Waals surface area (Å²) < 4.78 is 4.91. The molecule has 0 saturated carbocycles. The lowest BCUT2D eigenvalue weighted by atomic mass is 10.2. The molecule has 0 aromatic heterocycles. The summed E-state index contributed by atoms with van der Waals surface area (Å²) in [7, 11) is 0. The molecule has 2 rings (SSSR count). The number of esters is 1. The van der Waals surface area contributed by atoms with Crippen molar-refractivity contribution in [1.82, 2.24) is 0 Å². The molecule has 0 fully saturated rings. The van der Waals surface area contributed by atoms with Crippen molar-refractivity contribution in [2.24, 2.45) is 0 Å². The van der Waals surface area contributed by atoms with E-state index < -0.39 is 11.9 Å². The molecule has 0 unspecified atom stereocenters. The maximum atomic E-state index is 11.7. The minimum absolute atomic E-state index is 0.337. The SMILES string of the molecule is Nc1ccc(C(=O)OCC(=O)Nc2ccc(Cl)cc2)cc1. The van der Waals surface area contributed by atoms with E-state index in [4.69, 9.17) is 22.1 Å². The van der Waals surface area contributed by atoms with Crippen molar-refractivity contribution in [3.8, 4) is 0 Å². The van der Waals surface area contributed by atoms with Crippen molar-refractivity contribution in [3.63, 3.8) is 0 Å². The minimum atomic E-state index is -0.582. The van der Waals surface area contributed by atoms with Gasteiger partial charge in [-0.25, -0.2) is 4.79 Å². The zero-order chi connectivity index (χ0) is 15.2. The lowest BCUT2D eigenvalue weighted by Crippen LogP contribution is -2.20. The number of halogens is 1. The quantitative estimate of drug-likeness (QED) is 0.672. The zero-order valence-electron chi connectivity index (χ0n) is 11.0. The Labute approximate surface area is 126 Å². The van der Waals surface area contributed by atoms with E-state index in [2.05, 4.69) is 5.32 Å². The standard InChI is InChI=1S/C15H13ClN2O3/c16-11-3-7-13(8-4-11)18-14(19)9-21-15(20)10-1-5-12(17)6-2-10/h1-8H,9,17H2,(H,18,19). The fraction of sp³-hybridized carbons (Fsp3) is 0.0667. The maximum absolute atomic E-state index is 11.7. The van der Waals surface area contributed by atoms with E-state index >= 15 is 0 Å². The summed E-state index contributed by atoms with van der Waals surface area (Å²) in [5.41, 5.74) is 6.98. The summed E-state index contributed by atoms with van der Waals surface area (Å²) in [6.45, 7) is -0.369. The summed E-state index contributed by atoms with van der Waals surface area (Å²) in [6.07, 6.45) is 0. The van der Waals surface area contributed by atoms with E-state index in [-0.39, 0.29) is 6.61 Å². The summed E-state index contributed by atoms with van der Waals surface area (Å²) in [4.78, 5) is 23.3. The molecule has 3 N–H and O–H groups in total. The van der Waals surface area contributed by atoms with Crippen molar-refractivity contribution >= 4 is 34.9 Å². The molecule has 2 aromatic rings. The van der Waals surface area contributed by atoms with Crippen LogP contribution in [0.4, 0.5) is 11.4 Å². The fourth-order valence-corrected chi connectivity index (χ4v) is 1.69. The zero-order valence-corrected chi connectivity index (χ0v) is 11.8. The number of carbonyl (C=O) groups excluding carboxylic acids is 2. The van der Waals surface area contributed by atoms with E-state index in [9.17, 15) is 9.59 Å². The van der Waals surface area contributed by atoms with Crippen molar-refractivity contribution in [3.05, 3.63) is 59.1 Å². The van der Waals surface area contributed by atoms with Gasteiger partial charge >= 0.3 is 5.97 Å². The molecule has 0 aliphatic rings. The minimum Gasteiger partial charge on any atom is -0.452 e. The molecular weight excluding hydrogens is 292 g/mol. The van der Waals surface area contributed by atoms with E-state index in [1.807, 2.05) is 0 Å². The van der Waals surface area contributed by atoms with Crippen molar-refractivity contribution in [2.45, 2.75) is 0 Å². The monoisotopic (exact) mass is 304 g/mol. The second-order valence-electron chi connectivity index (χ2n) is 4.25. The molecule has 0 saturated heterocycles. The number of nitrogens with two attached hydrogens (primary N) is 1. The number of carbonyl (C=O) groups is 2. The fourth-order valence-electron chi connectivity index (χ4n) is 1.56. The van der Waals surface area contributed by atoms with Crippen LogP contribution in [0.5, 0.6) is 0 Å². The van der Waals surface area contributed by atoms with Crippen LogP contribution < -0.4 is 11.1 Å². The predicted molar refractivity (Wildman–Crippen MR) is 81.2 cm³/mol. The summed E-state index contributed by atoms with van der Waals surface area (Å²) in [6, 6.07) is 12.9. The van der Waals surface area contributed by atoms with E-state index in [0.29, 0.717) is 22.0 Å². The smallest absolute Gasteiger partial charge is 0.338 e. The van der Waals surface area contributed by atoms with Crippen LogP contribution in [0.15, 0.2) is 48.5 Å². The maximum Gasteiger partial charge on any atom is 0.338 e. The Bertz CT molecular complexity index is 639. The molecule has 0 atom stereocenters. The normalized spacial score (nSPS) is 9.95. The van der Waals surface area contributed by atoms with Gasteiger partial charge in [0.2, 0.25) is 0 Å². The van der Waals surface area contributed by atoms with E-state index in [1.54, 1.807) is 36.4 Å². The van der Waals surface area contributed by atoms with Crippen molar-refractivity contribution < 1.29 is 14.3 Å². The summed E-state index contributed by atoms with van der Waals surface area (Å²) >= 11 is 5.74. The first kappa shape index (κ1) is 14.9. The Balaban J connectivity index is 1.84. The van der Waals surface area contributed by atoms with Gasteiger partial charge in [-0.2, -0.15) is 0 Å². The van der Waals surface area contributed by atoms with Crippen LogP contribution in [0, 0.1) is 0 Å². The average Bonchev–Trinajstić information content (AvgIpc) is 2.48. The largest absolute Gasteiger partial charge is 0.452 e.